The van der Waals surface area contributed by atoms with Crippen molar-refractivity contribution in [3.05, 3.63) is 47.5 Å². The summed E-state index contributed by atoms with van der Waals surface area (Å²) in [6.45, 7) is 15.1. The second kappa shape index (κ2) is 10.9. The Hall–Kier alpha value is -1.24. The number of likely N-dealkylation sites (tertiary alicyclic amines) is 1. The predicted octanol–water partition coefficient (Wildman–Crippen LogP) is 7.03. The maximum Gasteiger partial charge on any atom is 0.0787 e. The Balaban J connectivity index is 0.936. The van der Waals surface area contributed by atoms with Crippen LogP contribution in [0.25, 0.3) is 0 Å². The first-order chi connectivity index (χ1) is 21.2. The van der Waals surface area contributed by atoms with Gasteiger partial charge in [0, 0.05) is 30.5 Å². The standard InChI is InChI=1S/C39H57NO4/c1-26-20-34-35(40(23-26)16-17-42-18-19-43-24-28-8-6-5-7-9-28)27(2)39(44-34)15-13-32-31-11-10-29-21-30(41)12-14-36(29,3)33(31)22-38(32)25-37(38,39)4/h5-9,21,26-27,30-35,41H,10-20,22-25H2,1-4H3/t26-,27+,30-,31-,32-,33-,34+,35-,36-,37?,38?,39+/m0/s1. The maximum absolute atomic E-state index is 10.5. The van der Waals surface area contributed by atoms with Gasteiger partial charge in [-0.2, -0.15) is 0 Å². The highest BCUT2D eigenvalue weighted by molar-refractivity contribution is 5.36. The Morgan fingerprint density at radius 3 is 2.64 bits per heavy atom. The molecule has 2 spiro atoms. The molecule has 242 valence electrons. The average Bonchev–Trinajstić information content (AvgIpc) is 3.35. The lowest BCUT2D eigenvalue weighted by Gasteiger charge is -2.50. The number of fused-ring (bicyclic) bond motifs is 6. The summed E-state index contributed by atoms with van der Waals surface area (Å²) in [4.78, 5) is 2.76. The topological polar surface area (TPSA) is 51.2 Å². The van der Waals surface area contributed by atoms with Gasteiger partial charge < -0.3 is 19.3 Å². The lowest BCUT2D eigenvalue weighted by atomic mass is 9.56. The summed E-state index contributed by atoms with van der Waals surface area (Å²) in [6, 6.07) is 10.9. The molecule has 5 heteroatoms. The third kappa shape index (κ3) is 4.35. The van der Waals surface area contributed by atoms with Crippen molar-refractivity contribution in [3.8, 4) is 0 Å². The normalized spacial score (nSPS) is 49.1. The third-order valence-corrected chi connectivity index (χ3v) is 15.0. The van der Waals surface area contributed by atoms with Crippen LogP contribution in [0.15, 0.2) is 42.0 Å². The zero-order valence-electron chi connectivity index (χ0n) is 27.8. The van der Waals surface area contributed by atoms with Crippen LogP contribution in [0, 0.1) is 45.8 Å². The van der Waals surface area contributed by atoms with E-state index in [2.05, 4.69) is 62.9 Å². The fraction of sp³-hybridized carbons (Fsp3) is 0.795. The van der Waals surface area contributed by atoms with Gasteiger partial charge in [0.15, 0.2) is 0 Å². The first-order valence-electron chi connectivity index (χ1n) is 18.2. The molecular weight excluding hydrogens is 546 g/mol. The monoisotopic (exact) mass is 603 g/mol. The summed E-state index contributed by atoms with van der Waals surface area (Å²) >= 11 is 0. The number of nitrogens with zero attached hydrogens (tertiary/aromatic N) is 1. The minimum atomic E-state index is -0.217. The summed E-state index contributed by atoms with van der Waals surface area (Å²) in [5, 5.41) is 10.5. The van der Waals surface area contributed by atoms with Gasteiger partial charge in [0.2, 0.25) is 0 Å². The van der Waals surface area contributed by atoms with Gasteiger partial charge >= 0.3 is 0 Å². The van der Waals surface area contributed by atoms with E-state index < -0.39 is 0 Å². The molecule has 1 aromatic rings. The van der Waals surface area contributed by atoms with Crippen molar-refractivity contribution in [2.45, 2.75) is 116 Å². The van der Waals surface area contributed by atoms with E-state index in [1.807, 2.05) is 6.07 Å². The van der Waals surface area contributed by atoms with Crippen molar-refractivity contribution < 1.29 is 19.3 Å². The number of allylic oxidation sites excluding steroid dienone is 1. The first-order valence-corrected chi connectivity index (χ1v) is 18.2. The van der Waals surface area contributed by atoms with E-state index in [0.717, 1.165) is 43.9 Å². The molecule has 2 saturated heterocycles. The number of aliphatic hydroxyl groups is 1. The highest BCUT2D eigenvalue weighted by Gasteiger charge is 2.84. The van der Waals surface area contributed by atoms with Crippen LogP contribution in [0.3, 0.4) is 0 Å². The number of aliphatic hydroxyl groups excluding tert-OH is 1. The molecule has 7 aliphatic rings. The van der Waals surface area contributed by atoms with Gasteiger partial charge in [-0.05, 0) is 97.9 Å². The molecule has 1 aromatic carbocycles. The van der Waals surface area contributed by atoms with Gasteiger partial charge in [-0.1, -0.05) is 69.7 Å². The fourth-order valence-electron chi connectivity index (χ4n) is 12.9. The van der Waals surface area contributed by atoms with Crippen LogP contribution in [0.4, 0.5) is 0 Å². The maximum atomic E-state index is 10.5. The van der Waals surface area contributed by atoms with Crippen molar-refractivity contribution in [1.29, 1.82) is 0 Å². The SMILES string of the molecule is C[C@H]1C[C@H]2O[C@]3(CC[C@H]4[C@@H]5CCC6=C[C@@H](O)CC[C@]6(C)[C@H]5CC45CC53C)[C@H](C)[C@@H]2N(CCOCCOCc2ccccc2)C1. The van der Waals surface area contributed by atoms with Gasteiger partial charge in [-0.25, -0.2) is 0 Å². The summed E-state index contributed by atoms with van der Waals surface area (Å²) in [5.74, 6) is 3.75. The summed E-state index contributed by atoms with van der Waals surface area (Å²) in [7, 11) is 0. The molecule has 5 aliphatic carbocycles. The molecule has 4 saturated carbocycles. The number of ether oxygens (including phenoxy) is 3. The van der Waals surface area contributed by atoms with Gasteiger partial charge in [-0.3, -0.25) is 4.90 Å². The molecular formula is C39H57NO4. The van der Waals surface area contributed by atoms with E-state index in [1.54, 1.807) is 5.57 Å². The number of hydrogen-bond acceptors (Lipinski definition) is 5. The quantitative estimate of drug-likeness (QED) is 0.256. The minimum absolute atomic E-state index is 0.0170. The Morgan fingerprint density at radius 2 is 1.80 bits per heavy atom. The summed E-state index contributed by atoms with van der Waals surface area (Å²) in [5.41, 5.74) is 3.90. The van der Waals surface area contributed by atoms with Gasteiger partial charge in [0.25, 0.3) is 0 Å². The Morgan fingerprint density at radius 1 is 0.977 bits per heavy atom. The Labute approximate surface area is 266 Å². The van der Waals surface area contributed by atoms with Crippen LogP contribution >= 0.6 is 0 Å². The molecule has 2 unspecified atom stereocenters. The van der Waals surface area contributed by atoms with Crippen LogP contribution in [-0.2, 0) is 20.8 Å². The lowest BCUT2D eigenvalue weighted by molar-refractivity contribution is -0.148. The van der Waals surface area contributed by atoms with Crippen LogP contribution in [-0.4, -0.2) is 66.8 Å². The molecule has 6 fully saturated rings. The second-order valence-electron chi connectivity index (χ2n) is 16.9. The summed E-state index contributed by atoms with van der Waals surface area (Å²) in [6.07, 6.45) is 13.7. The molecule has 0 amide bonds. The highest BCUT2D eigenvalue weighted by atomic mass is 16.5. The van der Waals surface area contributed by atoms with Crippen LogP contribution in [0.1, 0.15) is 91.0 Å². The van der Waals surface area contributed by atoms with Crippen molar-refractivity contribution in [1.82, 2.24) is 4.90 Å². The van der Waals surface area contributed by atoms with Crippen molar-refractivity contribution in [3.63, 3.8) is 0 Å². The van der Waals surface area contributed by atoms with Crippen LogP contribution < -0.4 is 0 Å². The first kappa shape index (κ1) is 30.1. The van der Waals surface area contributed by atoms with Crippen LogP contribution in [0.5, 0.6) is 0 Å². The van der Waals surface area contributed by atoms with E-state index in [-0.39, 0.29) is 11.7 Å². The highest BCUT2D eigenvalue weighted by Crippen LogP contribution is 2.87. The van der Waals surface area contributed by atoms with Crippen molar-refractivity contribution in [2.24, 2.45) is 45.8 Å². The van der Waals surface area contributed by atoms with E-state index in [4.69, 9.17) is 14.2 Å². The molecule has 0 aromatic heterocycles. The predicted molar refractivity (Wildman–Crippen MR) is 173 cm³/mol. The van der Waals surface area contributed by atoms with Gasteiger partial charge in [0.1, 0.15) is 0 Å². The van der Waals surface area contributed by atoms with E-state index in [0.29, 0.717) is 60.0 Å². The molecule has 2 aliphatic heterocycles. The van der Waals surface area contributed by atoms with Crippen molar-refractivity contribution in [2.75, 3.05) is 32.9 Å². The zero-order valence-corrected chi connectivity index (χ0v) is 27.8. The smallest absolute Gasteiger partial charge is 0.0787 e. The lowest BCUT2D eigenvalue weighted by Crippen LogP contribution is -2.55. The zero-order chi connectivity index (χ0) is 30.3. The van der Waals surface area contributed by atoms with E-state index in [1.165, 1.54) is 56.9 Å². The largest absolute Gasteiger partial charge is 0.389 e. The van der Waals surface area contributed by atoms with Crippen molar-refractivity contribution >= 4 is 0 Å². The molecule has 0 bridgehead atoms. The number of rotatable bonds is 8. The number of hydrogen-bond donors (Lipinski definition) is 1. The fourth-order valence-corrected chi connectivity index (χ4v) is 12.9. The van der Waals surface area contributed by atoms with E-state index in [9.17, 15) is 5.11 Å². The van der Waals surface area contributed by atoms with Gasteiger partial charge in [-0.15, -0.1) is 0 Å². The molecule has 1 N–H and O–H groups in total. The molecule has 12 atom stereocenters. The number of benzene rings is 1. The number of piperidine rings is 1. The molecule has 5 nitrogen and oxygen atoms in total. The molecule has 0 radical (unpaired) electrons. The van der Waals surface area contributed by atoms with Gasteiger partial charge in [0.05, 0.1) is 44.2 Å². The van der Waals surface area contributed by atoms with Crippen LogP contribution in [0.2, 0.25) is 0 Å². The Bertz CT molecular complexity index is 1250. The average molecular weight is 604 g/mol. The minimum Gasteiger partial charge on any atom is -0.389 e. The second-order valence-corrected chi connectivity index (χ2v) is 16.9. The Kier molecular flexibility index (Phi) is 7.46. The molecule has 2 heterocycles. The molecule has 44 heavy (non-hydrogen) atoms. The summed E-state index contributed by atoms with van der Waals surface area (Å²) < 4.78 is 19.5. The van der Waals surface area contributed by atoms with E-state index >= 15 is 0 Å². The molecule has 8 rings (SSSR count). The third-order valence-electron chi connectivity index (χ3n) is 15.0.